The first-order valence-electron chi connectivity index (χ1n) is 4.30. The zero-order valence-corrected chi connectivity index (χ0v) is 7.98. The average Bonchev–Trinajstić information content (AvgIpc) is 2.32. The minimum atomic E-state index is 0.211. The van der Waals surface area contributed by atoms with E-state index in [1.807, 2.05) is 6.92 Å². The second-order valence-corrected chi connectivity index (χ2v) is 4.25. The van der Waals surface area contributed by atoms with Crippen molar-refractivity contribution >= 4 is 0 Å². The molecule has 2 unspecified atom stereocenters. The maximum Gasteiger partial charge on any atom is 0.0540 e. The summed E-state index contributed by atoms with van der Waals surface area (Å²) in [6.07, 6.45) is 0. The molecule has 66 valence electrons. The minimum absolute atomic E-state index is 0.211. The van der Waals surface area contributed by atoms with E-state index in [0.29, 0.717) is 6.04 Å². The lowest BCUT2D eigenvalue weighted by molar-refractivity contribution is 0.0919. The maximum absolute atomic E-state index is 5.94. The highest BCUT2D eigenvalue weighted by Crippen LogP contribution is 2.61. The highest BCUT2D eigenvalue weighted by Gasteiger charge is 2.66. The Labute approximate surface area is 69.1 Å². The Morgan fingerprint density at radius 3 is 2.09 bits per heavy atom. The molecular formula is C9H19NO. The summed E-state index contributed by atoms with van der Waals surface area (Å²) >= 11 is 0. The van der Waals surface area contributed by atoms with Gasteiger partial charge in [-0.2, -0.15) is 0 Å². The van der Waals surface area contributed by atoms with E-state index < -0.39 is 0 Å². The molecule has 11 heavy (non-hydrogen) atoms. The van der Waals surface area contributed by atoms with Crippen LogP contribution in [0.5, 0.6) is 0 Å². The van der Waals surface area contributed by atoms with Gasteiger partial charge in [-0.3, -0.25) is 0 Å². The summed E-state index contributed by atoms with van der Waals surface area (Å²) in [6.45, 7) is 10.2. The first-order valence-corrected chi connectivity index (χ1v) is 4.30. The van der Waals surface area contributed by atoms with Crippen LogP contribution in [0.2, 0.25) is 0 Å². The molecule has 1 aliphatic carbocycles. The second-order valence-electron chi connectivity index (χ2n) is 4.25. The quantitative estimate of drug-likeness (QED) is 0.672. The van der Waals surface area contributed by atoms with Crippen molar-refractivity contribution in [3.05, 3.63) is 0 Å². The first-order chi connectivity index (χ1) is 4.97. The molecule has 1 aliphatic rings. The zero-order valence-electron chi connectivity index (χ0n) is 7.98. The van der Waals surface area contributed by atoms with Gasteiger partial charge >= 0.3 is 0 Å². The van der Waals surface area contributed by atoms with E-state index in [0.717, 1.165) is 13.2 Å². The van der Waals surface area contributed by atoms with Crippen LogP contribution in [0.25, 0.3) is 0 Å². The molecular weight excluding hydrogens is 138 g/mol. The van der Waals surface area contributed by atoms with Gasteiger partial charge in [0.15, 0.2) is 0 Å². The molecule has 0 spiro atoms. The summed E-state index contributed by atoms with van der Waals surface area (Å²) in [4.78, 5) is 0. The van der Waals surface area contributed by atoms with Crippen molar-refractivity contribution in [2.24, 2.45) is 16.6 Å². The summed E-state index contributed by atoms with van der Waals surface area (Å²) < 4.78 is 5.39. The third-order valence-corrected chi connectivity index (χ3v) is 3.46. The fraction of sp³-hybridized carbons (Fsp3) is 1.00. The van der Waals surface area contributed by atoms with Crippen molar-refractivity contribution in [1.29, 1.82) is 0 Å². The van der Waals surface area contributed by atoms with Crippen LogP contribution in [-0.2, 0) is 4.74 Å². The molecule has 0 amide bonds. The Morgan fingerprint density at radius 2 is 1.82 bits per heavy atom. The van der Waals surface area contributed by atoms with E-state index >= 15 is 0 Å². The molecule has 0 saturated heterocycles. The standard InChI is InChI=1S/C9H19NO/c1-5-11-6-9(4)7(10)8(9,2)3/h7H,5-6,10H2,1-4H3. The highest BCUT2D eigenvalue weighted by molar-refractivity contribution is 5.18. The summed E-state index contributed by atoms with van der Waals surface area (Å²) in [5.74, 6) is 0. The van der Waals surface area contributed by atoms with Crippen LogP contribution in [0.3, 0.4) is 0 Å². The number of hydrogen-bond donors (Lipinski definition) is 1. The van der Waals surface area contributed by atoms with Crippen molar-refractivity contribution < 1.29 is 4.74 Å². The van der Waals surface area contributed by atoms with Gasteiger partial charge in [0.25, 0.3) is 0 Å². The van der Waals surface area contributed by atoms with Crippen molar-refractivity contribution in [2.45, 2.75) is 33.7 Å². The van der Waals surface area contributed by atoms with Crippen molar-refractivity contribution in [3.8, 4) is 0 Å². The zero-order chi connectivity index (χ0) is 8.70. The van der Waals surface area contributed by atoms with Crippen LogP contribution >= 0.6 is 0 Å². The summed E-state index contributed by atoms with van der Waals surface area (Å²) in [6, 6.07) is 0.307. The van der Waals surface area contributed by atoms with Crippen molar-refractivity contribution in [3.63, 3.8) is 0 Å². The van der Waals surface area contributed by atoms with Gasteiger partial charge < -0.3 is 10.5 Å². The summed E-state index contributed by atoms with van der Waals surface area (Å²) in [5, 5.41) is 0. The topological polar surface area (TPSA) is 35.2 Å². The van der Waals surface area contributed by atoms with E-state index in [2.05, 4.69) is 20.8 Å². The Bertz CT molecular complexity index is 156. The fourth-order valence-corrected chi connectivity index (χ4v) is 1.71. The molecule has 0 heterocycles. The Morgan fingerprint density at radius 1 is 1.36 bits per heavy atom. The second kappa shape index (κ2) is 2.46. The van der Waals surface area contributed by atoms with Gasteiger partial charge in [0, 0.05) is 18.1 Å². The largest absolute Gasteiger partial charge is 0.381 e. The molecule has 2 N–H and O–H groups in total. The summed E-state index contributed by atoms with van der Waals surface area (Å²) in [5.41, 5.74) is 6.42. The van der Waals surface area contributed by atoms with Gasteiger partial charge in [0.2, 0.25) is 0 Å². The first kappa shape index (κ1) is 9.01. The molecule has 0 aromatic heterocycles. The van der Waals surface area contributed by atoms with Gasteiger partial charge in [-0.05, 0) is 12.3 Å². The predicted octanol–water partition coefficient (Wildman–Crippen LogP) is 1.40. The third-order valence-electron chi connectivity index (χ3n) is 3.46. The molecule has 0 aromatic carbocycles. The smallest absolute Gasteiger partial charge is 0.0540 e. The summed E-state index contributed by atoms with van der Waals surface area (Å²) in [7, 11) is 0. The number of rotatable bonds is 3. The lowest BCUT2D eigenvalue weighted by atomic mass is 9.99. The van der Waals surface area contributed by atoms with Crippen LogP contribution in [0.15, 0.2) is 0 Å². The van der Waals surface area contributed by atoms with Crippen molar-refractivity contribution in [1.82, 2.24) is 0 Å². The average molecular weight is 157 g/mol. The Kier molecular flexibility index (Phi) is 2.01. The highest BCUT2D eigenvalue weighted by atomic mass is 16.5. The maximum atomic E-state index is 5.94. The van der Waals surface area contributed by atoms with Gasteiger partial charge in [0.1, 0.15) is 0 Å². The monoisotopic (exact) mass is 157 g/mol. The van der Waals surface area contributed by atoms with Gasteiger partial charge in [-0.25, -0.2) is 0 Å². The lowest BCUT2D eigenvalue weighted by Crippen LogP contribution is -2.16. The van der Waals surface area contributed by atoms with Gasteiger partial charge in [-0.1, -0.05) is 20.8 Å². The molecule has 2 atom stereocenters. The van der Waals surface area contributed by atoms with Crippen LogP contribution in [-0.4, -0.2) is 19.3 Å². The molecule has 1 rings (SSSR count). The fourth-order valence-electron chi connectivity index (χ4n) is 1.71. The predicted molar refractivity (Wildman–Crippen MR) is 46.4 cm³/mol. The van der Waals surface area contributed by atoms with Gasteiger partial charge in [0.05, 0.1) is 6.61 Å². The van der Waals surface area contributed by atoms with E-state index in [4.69, 9.17) is 10.5 Å². The van der Waals surface area contributed by atoms with Crippen molar-refractivity contribution in [2.75, 3.05) is 13.2 Å². The van der Waals surface area contributed by atoms with E-state index in [9.17, 15) is 0 Å². The molecule has 1 fully saturated rings. The lowest BCUT2D eigenvalue weighted by Gasteiger charge is -2.12. The number of ether oxygens (including phenoxy) is 1. The molecule has 2 nitrogen and oxygen atoms in total. The van der Waals surface area contributed by atoms with Crippen LogP contribution in [0.1, 0.15) is 27.7 Å². The number of nitrogens with two attached hydrogens (primary N) is 1. The van der Waals surface area contributed by atoms with E-state index in [1.165, 1.54) is 0 Å². The molecule has 0 bridgehead atoms. The minimum Gasteiger partial charge on any atom is -0.381 e. The third kappa shape index (κ3) is 1.09. The van der Waals surface area contributed by atoms with E-state index in [1.54, 1.807) is 0 Å². The Hall–Kier alpha value is -0.0800. The Balaban J connectivity index is 2.46. The van der Waals surface area contributed by atoms with E-state index in [-0.39, 0.29) is 10.8 Å². The molecule has 2 heteroatoms. The van der Waals surface area contributed by atoms with Crippen LogP contribution < -0.4 is 5.73 Å². The van der Waals surface area contributed by atoms with Crippen LogP contribution in [0, 0.1) is 10.8 Å². The SMILES string of the molecule is CCOCC1(C)C(N)C1(C)C. The molecule has 0 radical (unpaired) electrons. The molecule has 1 saturated carbocycles. The molecule has 0 aromatic rings. The molecule has 0 aliphatic heterocycles. The van der Waals surface area contributed by atoms with Gasteiger partial charge in [-0.15, -0.1) is 0 Å². The number of hydrogen-bond acceptors (Lipinski definition) is 2. The van der Waals surface area contributed by atoms with Crippen LogP contribution in [0.4, 0.5) is 0 Å². The normalized spacial score (nSPS) is 40.6.